The van der Waals surface area contributed by atoms with E-state index >= 15 is 0 Å². The Morgan fingerprint density at radius 2 is 1.79 bits per heavy atom. The molecule has 0 radical (unpaired) electrons. The number of benzene rings is 1. The molecule has 1 aliphatic rings. The second kappa shape index (κ2) is 11.2. The monoisotopic (exact) mass is 398 g/mol. The van der Waals surface area contributed by atoms with Crippen molar-refractivity contribution in [2.75, 3.05) is 39.8 Å². The smallest absolute Gasteiger partial charge is 0.190 e. The van der Waals surface area contributed by atoms with E-state index in [4.69, 9.17) is 0 Å². The maximum Gasteiger partial charge on any atom is 0.190 e. The highest BCUT2D eigenvalue weighted by Gasteiger charge is 2.14. The number of imidazole rings is 1. The highest BCUT2D eigenvalue weighted by molar-refractivity contribution is 5.79. The Morgan fingerprint density at radius 1 is 1.07 bits per heavy atom. The number of piperidine rings is 1. The molecule has 1 aliphatic heterocycles. The molecule has 1 fully saturated rings. The molecule has 2 aromatic rings. The van der Waals surface area contributed by atoms with Gasteiger partial charge in [-0.25, -0.2) is 4.98 Å². The largest absolute Gasteiger partial charge is 0.356 e. The Labute approximate surface area is 175 Å². The normalized spacial score (nSPS) is 16.4. The number of fused-ring (bicyclic) bond motifs is 1. The Morgan fingerprint density at radius 3 is 2.55 bits per heavy atom. The average Bonchev–Trinajstić information content (AvgIpc) is 3.05. The Balaban J connectivity index is 1.29. The first-order valence-corrected chi connectivity index (χ1v) is 11.3. The Kier molecular flexibility index (Phi) is 8.35. The molecule has 0 amide bonds. The maximum atomic E-state index is 4.64. The lowest BCUT2D eigenvalue weighted by molar-refractivity contribution is 0.189. The summed E-state index contributed by atoms with van der Waals surface area (Å²) in [6, 6.07) is 8.35. The molecule has 1 aromatic heterocycles. The molecule has 160 valence electrons. The van der Waals surface area contributed by atoms with Gasteiger partial charge in [0.25, 0.3) is 0 Å². The van der Waals surface area contributed by atoms with E-state index in [-0.39, 0.29) is 0 Å². The fourth-order valence-corrected chi connectivity index (χ4v) is 4.10. The summed E-state index contributed by atoms with van der Waals surface area (Å²) in [6.45, 7) is 11.1. The van der Waals surface area contributed by atoms with Gasteiger partial charge in [-0.3, -0.25) is 4.99 Å². The molecule has 0 bridgehead atoms. The molecule has 6 nitrogen and oxygen atoms in total. The van der Waals surface area contributed by atoms with Crippen LogP contribution in [0.1, 0.15) is 44.9 Å². The zero-order chi connectivity index (χ0) is 20.5. The molecular weight excluding hydrogens is 360 g/mol. The molecule has 2 N–H and O–H groups in total. The molecule has 6 heteroatoms. The van der Waals surface area contributed by atoms with Crippen LogP contribution in [0.25, 0.3) is 11.0 Å². The zero-order valence-electron chi connectivity index (χ0n) is 18.5. The molecule has 0 spiro atoms. The number of hydrogen-bond acceptors (Lipinski definition) is 3. The number of aliphatic imine (C=N–C) groups is 1. The zero-order valence-corrected chi connectivity index (χ0v) is 18.5. The fourth-order valence-electron chi connectivity index (χ4n) is 4.10. The van der Waals surface area contributed by atoms with Crippen LogP contribution in [0.2, 0.25) is 0 Å². The molecule has 0 aliphatic carbocycles. The molecule has 29 heavy (non-hydrogen) atoms. The van der Waals surface area contributed by atoms with E-state index in [1.165, 1.54) is 50.8 Å². The molecular formula is C23H38N6. The minimum Gasteiger partial charge on any atom is -0.356 e. The number of likely N-dealkylation sites (tertiary alicyclic amines) is 1. The number of aromatic nitrogens is 2. The third-order valence-corrected chi connectivity index (χ3v) is 5.99. The summed E-state index contributed by atoms with van der Waals surface area (Å²) in [5.41, 5.74) is 2.30. The van der Waals surface area contributed by atoms with Crippen molar-refractivity contribution in [2.45, 2.75) is 52.5 Å². The van der Waals surface area contributed by atoms with Crippen molar-refractivity contribution in [3.05, 3.63) is 30.1 Å². The second-order valence-corrected chi connectivity index (χ2v) is 8.31. The van der Waals surface area contributed by atoms with Crippen LogP contribution in [0.3, 0.4) is 0 Å². The van der Waals surface area contributed by atoms with Crippen LogP contribution < -0.4 is 10.6 Å². The van der Waals surface area contributed by atoms with Gasteiger partial charge in [-0.2, -0.15) is 0 Å². The Bertz CT molecular complexity index is 773. The fraction of sp³-hybridized carbons (Fsp3) is 0.652. The summed E-state index contributed by atoms with van der Waals surface area (Å²) in [5.74, 6) is 2.90. The van der Waals surface area contributed by atoms with Gasteiger partial charge in [0.05, 0.1) is 11.0 Å². The number of aryl methyl sites for hydroxylation is 2. The SMILES string of the molecule is CN=C(NCCCCN1CCC(C)CC1)NCCCn1c(C)nc2ccccc21. The van der Waals surface area contributed by atoms with E-state index in [1.54, 1.807) is 0 Å². The number of hydrogen-bond donors (Lipinski definition) is 2. The molecule has 2 heterocycles. The summed E-state index contributed by atoms with van der Waals surface area (Å²) in [7, 11) is 1.84. The first-order valence-electron chi connectivity index (χ1n) is 11.3. The standard InChI is InChI=1S/C23H38N6/c1-19-11-17-28(18-12-19)15-7-6-13-25-23(24-3)26-14-8-16-29-20(2)27-21-9-4-5-10-22(21)29/h4-5,9-10,19H,6-8,11-18H2,1-3H3,(H2,24,25,26). The van der Waals surface area contributed by atoms with E-state index in [9.17, 15) is 0 Å². The van der Waals surface area contributed by atoms with Crippen molar-refractivity contribution in [1.82, 2.24) is 25.1 Å². The van der Waals surface area contributed by atoms with Crippen molar-refractivity contribution in [3.63, 3.8) is 0 Å². The van der Waals surface area contributed by atoms with Gasteiger partial charge in [0.1, 0.15) is 5.82 Å². The van der Waals surface area contributed by atoms with Crippen LogP contribution in [0, 0.1) is 12.8 Å². The van der Waals surface area contributed by atoms with Crippen LogP contribution in [0.4, 0.5) is 0 Å². The first kappa shape index (κ1) is 21.6. The van der Waals surface area contributed by atoms with Gasteiger partial charge in [0.15, 0.2) is 5.96 Å². The maximum absolute atomic E-state index is 4.64. The van der Waals surface area contributed by atoms with Crippen molar-refractivity contribution in [2.24, 2.45) is 10.9 Å². The van der Waals surface area contributed by atoms with Crippen molar-refractivity contribution < 1.29 is 0 Å². The first-order chi connectivity index (χ1) is 14.2. The van der Waals surface area contributed by atoms with E-state index in [2.05, 4.69) is 62.1 Å². The second-order valence-electron chi connectivity index (χ2n) is 8.31. The van der Waals surface area contributed by atoms with Gasteiger partial charge >= 0.3 is 0 Å². The van der Waals surface area contributed by atoms with Gasteiger partial charge in [-0.1, -0.05) is 19.1 Å². The topological polar surface area (TPSA) is 57.5 Å². The minimum absolute atomic E-state index is 0.900. The lowest BCUT2D eigenvalue weighted by atomic mass is 9.99. The van der Waals surface area contributed by atoms with Crippen LogP contribution >= 0.6 is 0 Å². The third kappa shape index (κ3) is 6.46. The Hall–Kier alpha value is -2.08. The van der Waals surface area contributed by atoms with Crippen LogP contribution in [-0.2, 0) is 6.54 Å². The summed E-state index contributed by atoms with van der Waals surface area (Å²) >= 11 is 0. The summed E-state index contributed by atoms with van der Waals surface area (Å²) in [5, 5.41) is 6.89. The molecule has 1 aromatic carbocycles. The molecule has 0 saturated carbocycles. The highest BCUT2D eigenvalue weighted by Crippen LogP contribution is 2.16. The summed E-state index contributed by atoms with van der Waals surface area (Å²) < 4.78 is 2.30. The van der Waals surface area contributed by atoms with Crippen LogP contribution in [0.15, 0.2) is 29.3 Å². The minimum atomic E-state index is 0.900. The van der Waals surface area contributed by atoms with Crippen molar-refractivity contribution in [3.8, 4) is 0 Å². The molecule has 1 saturated heterocycles. The number of guanidine groups is 1. The highest BCUT2D eigenvalue weighted by atomic mass is 15.2. The van der Waals surface area contributed by atoms with Gasteiger partial charge in [-0.15, -0.1) is 0 Å². The van der Waals surface area contributed by atoms with Gasteiger partial charge < -0.3 is 20.1 Å². The van der Waals surface area contributed by atoms with Crippen LogP contribution in [-0.4, -0.2) is 60.2 Å². The molecule has 3 rings (SSSR count). The predicted molar refractivity (Wildman–Crippen MR) is 123 cm³/mol. The van der Waals surface area contributed by atoms with E-state index in [0.717, 1.165) is 49.3 Å². The van der Waals surface area contributed by atoms with E-state index in [0.29, 0.717) is 0 Å². The lowest BCUT2D eigenvalue weighted by Crippen LogP contribution is -2.39. The summed E-state index contributed by atoms with van der Waals surface area (Å²) in [6.07, 6.45) is 6.21. The number of nitrogens with one attached hydrogen (secondary N) is 2. The lowest BCUT2D eigenvalue weighted by Gasteiger charge is -2.30. The predicted octanol–water partition coefficient (Wildman–Crippen LogP) is 3.41. The number of unbranched alkanes of at least 4 members (excludes halogenated alkanes) is 1. The van der Waals surface area contributed by atoms with Crippen LogP contribution in [0.5, 0.6) is 0 Å². The van der Waals surface area contributed by atoms with Crippen molar-refractivity contribution >= 4 is 17.0 Å². The van der Waals surface area contributed by atoms with Gasteiger partial charge in [0.2, 0.25) is 0 Å². The quantitative estimate of drug-likeness (QED) is 0.386. The number of nitrogens with zero attached hydrogens (tertiary/aromatic N) is 4. The third-order valence-electron chi connectivity index (χ3n) is 5.99. The van der Waals surface area contributed by atoms with Gasteiger partial charge in [-0.05, 0) is 76.7 Å². The van der Waals surface area contributed by atoms with Crippen molar-refractivity contribution in [1.29, 1.82) is 0 Å². The van der Waals surface area contributed by atoms with E-state index < -0.39 is 0 Å². The number of rotatable bonds is 9. The summed E-state index contributed by atoms with van der Waals surface area (Å²) in [4.78, 5) is 11.6. The molecule has 0 unspecified atom stereocenters. The number of para-hydroxylation sites is 2. The van der Waals surface area contributed by atoms with Gasteiger partial charge in [0, 0.05) is 26.7 Å². The average molecular weight is 399 g/mol. The molecule has 0 atom stereocenters. The van der Waals surface area contributed by atoms with E-state index in [1.807, 2.05) is 13.1 Å².